The SMILES string of the molecule is CNc1ccc([N+](=O)[O-])cc1C(=O)N(C)Cc1ccc(OC)c(OC)c1OC. The quantitative estimate of drug-likeness (QED) is 0.547. The fourth-order valence-electron chi connectivity index (χ4n) is 2.86. The number of ether oxygens (including phenoxy) is 3. The predicted octanol–water partition coefficient (Wildman–Crippen LogP) is 2.93. The third-order valence-electron chi connectivity index (χ3n) is 4.25. The summed E-state index contributed by atoms with van der Waals surface area (Å²) in [6.07, 6.45) is 0. The van der Waals surface area contributed by atoms with Crippen molar-refractivity contribution in [2.24, 2.45) is 0 Å². The van der Waals surface area contributed by atoms with Crippen LogP contribution in [0.4, 0.5) is 11.4 Å². The largest absolute Gasteiger partial charge is 0.493 e. The molecule has 0 radical (unpaired) electrons. The second kappa shape index (κ2) is 8.94. The number of hydrogen-bond acceptors (Lipinski definition) is 7. The molecular weight excluding hydrogens is 366 g/mol. The van der Waals surface area contributed by atoms with Crippen LogP contribution < -0.4 is 19.5 Å². The fourth-order valence-corrected chi connectivity index (χ4v) is 2.86. The second-order valence-corrected chi connectivity index (χ2v) is 5.89. The van der Waals surface area contributed by atoms with E-state index in [-0.39, 0.29) is 23.7 Å². The Labute approximate surface area is 163 Å². The van der Waals surface area contributed by atoms with Gasteiger partial charge in [-0.2, -0.15) is 0 Å². The summed E-state index contributed by atoms with van der Waals surface area (Å²) in [6, 6.07) is 7.62. The minimum atomic E-state index is -0.534. The lowest BCUT2D eigenvalue weighted by atomic mass is 10.1. The van der Waals surface area contributed by atoms with Gasteiger partial charge in [-0.25, -0.2) is 0 Å². The first-order valence-corrected chi connectivity index (χ1v) is 8.37. The molecule has 0 saturated carbocycles. The Morgan fingerprint density at radius 3 is 2.32 bits per heavy atom. The van der Waals surface area contributed by atoms with Gasteiger partial charge >= 0.3 is 0 Å². The van der Waals surface area contributed by atoms with Crippen molar-refractivity contribution in [2.45, 2.75) is 6.54 Å². The average molecular weight is 389 g/mol. The molecule has 0 aliphatic rings. The number of nitro benzene ring substituents is 1. The maximum absolute atomic E-state index is 12.9. The number of methoxy groups -OCH3 is 3. The van der Waals surface area contributed by atoms with E-state index in [1.165, 1.54) is 44.4 Å². The van der Waals surface area contributed by atoms with Crippen LogP contribution in [0.5, 0.6) is 17.2 Å². The summed E-state index contributed by atoms with van der Waals surface area (Å²) in [4.78, 5) is 24.9. The average Bonchev–Trinajstić information content (AvgIpc) is 2.71. The number of carbonyl (C=O) groups excluding carboxylic acids is 1. The minimum absolute atomic E-state index is 0.153. The van der Waals surface area contributed by atoms with E-state index in [0.29, 0.717) is 28.5 Å². The van der Waals surface area contributed by atoms with Gasteiger partial charge in [0.15, 0.2) is 11.5 Å². The number of rotatable bonds is 8. The summed E-state index contributed by atoms with van der Waals surface area (Å²) in [6.45, 7) is 0.203. The van der Waals surface area contributed by atoms with Gasteiger partial charge in [-0.1, -0.05) is 0 Å². The molecule has 9 nitrogen and oxygen atoms in total. The molecule has 1 N–H and O–H groups in total. The van der Waals surface area contributed by atoms with E-state index in [1.54, 1.807) is 26.2 Å². The van der Waals surface area contributed by atoms with Crippen molar-refractivity contribution >= 4 is 17.3 Å². The zero-order chi connectivity index (χ0) is 20.8. The summed E-state index contributed by atoms with van der Waals surface area (Å²) in [5, 5.41) is 14.0. The number of amides is 1. The summed E-state index contributed by atoms with van der Waals surface area (Å²) in [5.41, 5.74) is 1.26. The van der Waals surface area contributed by atoms with E-state index in [2.05, 4.69) is 5.32 Å². The highest BCUT2D eigenvalue weighted by Crippen LogP contribution is 2.40. The lowest BCUT2D eigenvalue weighted by molar-refractivity contribution is -0.384. The minimum Gasteiger partial charge on any atom is -0.493 e. The van der Waals surface area contributed by atoms with Crippen molar-refractivity contribution in [3.63, 3.8) is 0 Å². The molecule has 150 valence electrons. The van der Waals surface area contributed by atoms with E-state index in [9.17, 15) is 14.9 Å². The van der Waals surface area contributed by atoms with Crippen LogP contribution in [0.3, 0.4) is 0 Å². The van der Waals surface area contributed by atoms with Gasteiger partial charge in [0, 0.05) is 44.0 Å². The molecule has 0 spiro atoms. The van der Waals surface area contributed by atoms with Crippen molar-refractivity contribution in [1.82, 2.24) is 4.90 Å². The van der Waals surface area contributed by atoms with E-state index in [1.807, 2.05) is 0 Å². The number of nitro groups is 1. The van der Waals surface area contributed by atoms with Crippen LogP contribution in [0.1, 0.15) is 15.9 Å². The molecule has 2 rings (SSSR count). The fraction of sp³-hybridized carbons (Fsp3) is 0.316. The van der Waals surface area contributed by atoms with Gasteiger partial charge in [0.05, 0.1) is 31.8 Å². The lowest BCUT2D eigenvalue weighted by Gasteiger charge is -2.22. The number of hydrogen-bond donors (Lipinski definition) is 1. The highest BCUT2D eigenvalue weighted by Gasteiger charge is 2.22. The van der Waals surface area contributed by atoms with E-state index in [4.69, 9.17) is 14.2 Å². The Balaban J connectivity index is 2.38. The zero-order valence-corrected chi connectivity index (χ0v) is 16.4. The Bertz CT molecular complexity index is 884. The number of benzene rings is 2. The monoisotopic (exact) mass is 389 g/mol. The van der Waals surface area contributed by atoms with Crippen molar-refractivity contribution < 1.29 is 23.9 Å². The number of carbonyl (C=O) groups is 1. The third kappa shape index (κ3) is 4.08. The van der Waals surface area contributed by atoms with Crippen molar-refractivity contribution in [1.29, 1.82) is 0 Å². The highest BCUT2D eigenvalue weighted by atomic mass is 16.6. The van der Waals surface area contributed by atoms with Crippen LogP contribution in [-0.2, 0) is 6.54 Å². The molecule has 0 fully saturated rings. The number of non-ortho nitro benzene ring substituents is 1. The summed E-state index contributed by atoms with van der Waals surface area (Å²) in [5.74, 6) is 1.02. The summed E-state index contributed by atoms with van der Waals surface area (Å²) in [7, 11) is 7.78. The number of nitrogens with zero attached hydrogens (tertiary/aromatic N) is 2. The normalized spacial score (nSPS) is 10.2. The van der Waals surface area contributed by atoms with E-state index in [0.717, 1.165) is 0 Å². The smallest absolute Gasteiger partial charge is 0.270 e. The van der Waals surface area contributed by atoms with Gasteiger partial charge in [0.2, 0.25) is 5.75 Å². The molecule has 0 heterocycles. The molecule has 0 aliphatic carbocycles. The molecule has 28 heavy (non-hydrogen) atoms. The highest BCUT2D eigenvalue weighted by molar-refractivity contribution is 6.00. The molecule has 0 aromatic heterocycles. The van der Waals surface area contributed by atoms with Crippen molar-refractivity contribution in [3.8, 4) is 17.2 Å². The molecule has 0 unspecified atom stereocenters. The van der Waals surface area contributed by atoms with Gasteiger partial charge < -0.3 is 24.4 Å². The van der Waals surface area contributed by atoms with Crippen molar-refractivity contribution in [2.75, 3.05) is 40.7 Å². The van der Waals surface area contributed by atoms with Gasteiger partial charge in [-0.3, -0.25) is 14.9 Å². The van der Waals surface area contributed by atoms with Gasteiger partial charge in [0.1, 0.15) is 0 Å². The molecule has 2 aromatic carbocycles. The molecular formula is C19H23N3O6. The number of nitrogens with one attached hydrogen (secondary N) is 1. The Morgan fingerprint density at radius 1 is 1.11 bits per heavy atom. The Morgan fingerprint density at radius 2 is 1.79 bits per heavy atom. The first-order chi connectivity index (χ1) is 13.4. The molecule has 0 atom stereocenters. The Kier molecular flexibility index (Phi) is 6.64. The van der Waals surface area contributed by atoms with Gasteiger partial charge in [-0.15, -0.1) is 0 Å². The predicted molar refractivity (Wildman–Crippen MR) is 105 cm³/mol. The third-order valence-corrected chi connectivity index (χ3v) is 4.25. The summed E-state index contributed by atoms with van der Waals surface area (Å²) < 4.78 is 16.1. The topological polar surface area (TPSA) is 103 Å². The maximum atomic E-state index is 12.9. The first-order valence-electron chi connectivity index (χ1n) is 8.37. The van der Waals surface area contributed by atoms with Crippen LogP contribution in [0.2, 0.25) is 0 Å². The first kappa shape index (κ1) is 20.8. The van der Waals surface area contributed by atoms with E-state index < -0.39 is 4.92 Å². The number of anilines is 1. The Hall–Kier alpha value is -3.49. The van der Waals surface area contributed by atoms with Crippen LogP contribution in [0, 0.1) is 10.1 Å². The molecule has 2 aromatic rings. The molecule has 0 aliphatic heterocycles. The van der Waals surface area contributed by atoms with Gasteiger partial charge in [0.25, 0.3) is 11.6 Å². The van der Waals surface area contributed by atoms with E-state index >= 15 is 0 Å². The molecule has 1 amide bonds. The van der Waals surface area contributed by atoms with Crippen molar-refractivity contribution in [3.05, 3.63) is 51.6 Å². The van der Waals surface area contributed by atoms with Crippen LogP contribution in [0.25, 0.3) is 0 Å². The van der Waals surface area contributed by atoms with Crippen LogP contribution >= 0.6 is 0 Å². The van der Waals surface area contributed by atoms with Crippen LogP contribution in [-0.4, -0.2) is 51.2 Å². The lowest BCUT2D eigenvalue weighted by Crippen LogP contribution is -2.27. The summed E-state index contributed by atoms with van der Waals surface area (Å²) >= 11 is 0. The maximum Gasteiger partial charge on any atom is 0.270 e. The molecule has 0 saturated heterocycles. The van der Waals surface area contributed by atoms with Gasteiger partial charge in [-0.05, 0) is 18.2 Å². The molecule has 9 heteroatoms. The molecule has 0 bridgehead atoms. The van der Waals surface area contributed by atoms with Crippen LogP contribution in [0.15, 0.2) is 30.3 Å². The standard InChI is InChI=1S/C19H23N3O6/c1-20-15-8-7-13(22(24)25)10-14(15)19(23)21(2)11-12-6-9-16(26-3)18(28-5)17(12)27-4/h6-10,20H,11H2,1-5H3. The zero-order valence-electron chi connectivity index (χ0n) is 16.4. The second-order valence-electron chi connectivity index (χ2n) is 5.89.